The van der Waals surface area contributed by atoms with Crippen LogP contribution in [0.15, 0.2) is 36.4 Å². The first-order chi connectivity index (χ1) is 17.4. The quantitative estimate of drug-likeness (QED) is 0.627. The Bertz CT molecular complexity index is 1240. The number of benzene rings is 2. The van der Waals surface area contributed by atoms with Crippen LogP contribution in [0.3, 0.4) is 0 Å². The van der Waals surface area contributed by atoms with Gasteiger partial charge in [0.15, 0.2) is 11.5 Å². The molecule has 1 atom stereocenters. The molecule has 4 aliphatic heterocycles. The number of aliphatic hydroxyl groups is 1. The van der Waals surface area contributed by atoms with Crippen molar-refractivity contribution in [1.29, 1.82) is 0 Å². The summed E-state index contributed by atoms with van der Waals surface area (Å²) < 4.78 is 11.3. The van der Waals surface area contributed by atoms with E-state index in [1.165, 1.54) is 4.90 Å². The van der Waals surface area contributed by atoms with Gasteiger partial charge >= 0.3 is 0 Å². The summed E-state index contributed by atoms with van der Waals surface area (Å²) in [6.45, 7) is 3.69. The Morgan fingerprint density at radius 3 is 2.56 bits per heavy atom. The molecule has 0 saturated carbocycles. The lowest BCUT2D eigenvalue weighted by molar-refractivity contribution is -0.136. The maximum atomic E-state index is 13.0. The van der Waals surface area contributed by atoms with E-state index in [2.05, 4.69) is 16.3 Å². The van der Waals surface area contributed by atoms with Gasteiger partial charge in [-0.15, -0.1) is 0 Å². The maximum absolute atomic E-state index is 13.0. The van der Waals surface area contributed by atoms with Gasteiger partial charge in [-0.25, -0.2) is 0 Å². The molecule has 0 bridgehead atoms. The average Bonchev–Trinajstić information content (AvgIpc) is 3.21. The highest BCUT2D eigenvalue weighted by atomic mass is 16.6. The molecule has 4 heterocycles. The monoisotopic (exact) mass is 491 g/mol. The third kappa shape index (κ3) is 4.12. The number of fused-ring (bicyclic) bond motifs is 2. The lowest BCUT2D eigenvalue weighted by Gasteiger charge is -2.38. The molecule has 2 aromatic rings. The molecule has 0 aliphatic carbocycles. The molecule has 188 valence electrons. The highest BCUT2D eigenvalue weighted by Crippen LogP contribution is 2.37. The van der Waals surface area contributed by atoms with Gasteiger partial charge in [-0.3, -0.25) is 24.6 Å². The molecule has 9 nitrogen and oxygen atoms in total. The van der Waals surface area contributed by atoms with E-state index in [0.717, 1.165) is 47.8 Å². The number of nitrogens with one attached hydrogen (secondary N) is 1. The fourth-order valence-corrected chi connectivity index (χ4v) is 5.68. The summed E-state index contributed by atoms with van der Waals surface area (Å²) in [6.07, 6.45) is 1.73. The van der Waals surface area contributed by atoms with Crippen LogP contribution in [-0.2, 0) is 28.3 Å². The fourth-order valence-electron chi connectivity index (χ4n) is 5.68. The molecule has 3 amide bonds. The Hall–Kier alpha value is -3.43. The Labute approximate surface area is 209 Å². The molecule has 2 N–H and O–H groups in total. The average molecular weight is 492 g/mol. The predicted octanol–water partition coefficient (Wildman–Crippen LogP) is 1.70. The van der Waals surface area contributed by atoms with Gasteiger partial charge in [-0.2, -0.15) is 0 Å². The number of hydrogen-bond acceptors (Lipinski definition) is 7. The Kier molecular flexibility index (Phi) is 5.69. The van der Waals surface area contributed by atoms with Crippen molar-refractivity contribution in [3.8, 4) is 11.5 Å². The minimum atomic E-state index is -0.969. The van der Waals surface area contributed by atoms with Crippen molar-refractivity contribution < 1.29 is 29.0 Å². The van der Waals surface area contributed by atoms with Crippen LogP contribution in [0, 0.1) is 0 Å². The van der Waals surface area contributed by atoms with Crippen molar-refractivity contribution >= 4 is 17.7 Å². The molecule has 0 radical (unpaired) electrons. The number of ether oxygens (including phenoxy) is 2. The van der Waals surface area contributed by atoms with Crippen LogP contribution in [-0.4, -0.2) is 65.0 Å². The number of carbonyl (C=O) groups is 3. The zero-order chi connectivity index (χ0) is 24.9. The molecule has 0 aromatic heterocycles. The van der Waals surface area contributed by atoms with Crippen molar-refractivity contribution in [3.05, 3.63) is 58.7 Å². The molecule has 2 fully saturated rings. The Morgan fingerprint density at radius 1 is 1.00 bits per heavy atom. The molecule has 2 aromatic carbocycles. The molecule has 1 unspecified atom stereocenters. The van der Waals surface area contributed by atoms with Crippen molar-refractivity contribution in [1.82, 2.24) is 15.1 Å². The summed E-state index contributed by atoms with van der Waals surface area (Å²) in [7, 11) is 0. The summed E-state index contributed by atoms with van der Waals surface area (Å²) in [5.41, 5.74) is 2.36. The normalized spacial score (nSPS) is 23.4. The van der Waals surface area contributed by atoms with E-state index in [1.54, 1.807) is 6.07 Å². The van der Waals surface area contributed by atoms with E-state index in [4.69, 9.17) is 9.47 Å². The van der Waals surface area contributed by atoms with E-state index >= 15 is 0 Å². The SMILES string of the molecule is O=C1CCC(N2Cc3cc(C4(O)CCN(Cc5ccc6c(c5)OCCO6)CC4)ccc3C2=O)C(=O)N1. The minimum Gasteiger partial charge on any atom is -0.486 e. The van der Waals surface area contributed by atoms with Crippen LogP contribution in [0.25, 0.3) is 0 Å². The second kappa shape index (κ2) is 8.90. The predicted molar refractivity (Wildman–Crippen MR) is 128 cm³/mol. The molecule has 6 rings (SSSR count). The molecular weight excluding hydrogens is 462 g/mol. The van der Waals surface area contributed by atoms with Crippen LogP contribution in [0.4, 0.5) is 0 Å². The van der Waals surface area contributed by atoms with Crippen molar-refractivity contribution in [2.24, 2.45) is 0 Å². The Morgan fingerprint density at radius 2 is 1.78 bits per heavy atom. The van der Waals surface area contributed by atoms with Crippen LogP contribution < -0.4 is 14.8 Å². The lowest BCUT2D eigenvalue weighted by Crippen LogP contribution is -2.52. The van der Waals surface area contributed by atoms with Crippen LogP contribution >= 0.6 is 0 Å². The summed E-state index contributed by atoms with van der Waals surface area (Å²) >= 11 is 0. The number of imide groups is 1. The van der Waals surface area contributed by atoms with Crippen molar-refractivity contribution in [2.75, 3.05) is 26.3 Å². The first kappa shape index (κ1) is 23.0. The molecule has 0 spiro atoms. The fraction of sp³-hybridized carbons (Fsp3) is 0.444. The lowest BCUT2D eigenvalue weighted by atomic mass is 9.83. The molecule has 4 aliphatic rings. The summed E-state index contributed by atoms with van der Waals surface area (Å²) in [5.74, 6) is 0.643. The van der Waals surface area contributed by atoms with Gasteiger partial charge in [-0.1, -0.05) is 18.2 Å². The van der Waals surface area contributed by atoms with Gasteiger partial charge in [0.2, 0.25) is 11.8 Å². The first-order valence-corrected chi connectivity index (χ1v) is 12.5. The number of amides is 3. The number of hydrogen-bond donors (Lipinski definition) is 2. The first-order valence-electron chi connectivity index (χ1n) is 12.5. The van der Waals surface area contributed by atoms with E-state index in [9.17, 15) is 19.5 Å². The molecule has 9 heteroatoms. The highest BCUT2D eigenvalue weighted by Gasteiger charge is 2.40. The van der Waals surface area contributed by atoms with Crippen LogP contribution in [0.5, 0.6) is 11.5 Å². The van der Waals surface area contributed by atoms with Gasteiger partial charge in [0.05, 0.1) is 5.60 Å². The van der Waals surface area contributed by atoms with E-state index in [-0.39, 0.29) is 18.2 Å². The summed E-state index contributed by atoms with van der Waals surface area (Å²) in [5, 5.41) is 13.8. The number of carbonyl (C=O) groups excluding carboxylic acids is 3. The maximum Gasteiger partial charge on any atom is 0.255 e. The number of likely N-dealkylation sites (tertiary alicyclic amines) is 1. The van der Waals surface area contributed by atoms with Crippen LogP contribution in [0.1, 0.15) is 52.7 Å². The Balaban J connectivity index is 1.12. The smallest absolute Gasteiger partial charge is 0.255 e. The van der Waals surface area contributed by atoms with Crippen molar-refractivity contribution in [2.45, 2.75) is 50.4 Å². The third-order valence-electron chi connectivity index (χ3n) is 7.76. The van der Waals surface area contributed by atoms with Crippen molar-refractivity contribution in [3.63, 3.8) is 0 Å². The largest absolute Gasteiger partial charge is 0.486 e. The standard InChI is InChI=1S/C27H29N3O6/c31-24-6-4-21(25(32)28-24)30-16-18-14-19(2-3-20(18)26(30)33)27(34)7-9-29(10-8-27)15-17-1-5-22-23(13-17)36-12-11-35-22/h1-3,5,13-14,21,34H,4,6-12,15-16H2,(H,28,31,32). The summed E-state index contributed by atoms with van der Waals surface area (Å²) in [4.78, 5) is 40.6. The second-order valence-electron chi connectivity index (χ2n) is 10.1. The van der Waals surface area contributed by atoms with E-state index in [0.29, 0.717) is 44.6 Å². The van der Waals surface area contributed by atoms with Crippen LogP contribution in [0.2, 0.25) is 0 Å². The zero-order valence-electron chi connectivity index (χ0n) is 20.0. The number of piperidine rings is 2. The van der Waals surface area contributed by atoms with Gasteiger partial charge in [0.1, 0.15) is 19.3 Å². The van der Waals surface area contributed by atoms with E-state index in [1.807, 2.05) is 24.3 Å². The van der Waals surface area contributed by atoms with Gasteiger partial charge in [0, 0.05) is 38.2 Å². The molecule has 36 heavy (non-hydrogen) atoms. The molecular formula is C27H29N3O6. The topological polar surface area (TPSA) is 108 Å². The third-order valence-corrected chi connectivity index (χ3v) is 7.76. The highest BCUT2D eigenvalue weighted by molar-refractivity contribution is 6.05. The van der Waals surface area contributed by atoms with Gasteiger partial charge in [0.25, 0.3) is 5.91 Å². The van der Waals surface area contributed by atoms with E-state index < -0.39 is 17.6 Å². The molecule has 2 saturated heterocycles. The minimum absolute atomic E-state index is 0.202. The number of rotatable bonds is 4. The van der Waals surface area contributed by atoms with Gasteiger partial charge in [-0.05, 0) is 54.2 Å². The zero-order valence-corrected chi connectivity index (χ0v) is 20.0. The number of nitrogens with zero attached hydrogens (tertiary/aromatic N) is 2. The van der Waals surface area contributed by atoms with Gasteiger partial charge < -0.3 is 19.5 Å². The summed E-state index contributed by atoms with van der Waals surface area (Å²) in [6, 6.07) is 10.9. The second-order valence-corrected chi connectivity index (χ2v) is 10.1.